The third-order valence-corrected chi connectivity index (χ3v) is 5.65. The van der Waals surface area contributed by atoms with Crippen LogP contribution in [0, 0.1) is 0 Å². The molecule has 0 spiro atoms. The first-order valence-electron chi connectivity index (χ1n) is 9.21. The number of hydrogen-bond acceptors (Lipinski definition) is 4. The first-order valence-corrected chi connectivity index (χ1v) is 9.21. The smallest absolute Gasteiger partial charge is 0.179 e. The Bertz CT molecular complexity index is 847. The highest BCUT2D eigenvalue weighted by molar-refractivity contribution is 5.74. The molecule has 3 aromatic rings. The van der Waals surface area contributed by atoms with Crippen molar-refractivity contribution in [1.29, 1.82) is 0 Å². The average molecular weight is 325 g/mol. The maximum atomic E-state index is 6.39. The van der Waals surface area contributed by atoms with E-state index in [4.69, 9.17) is 4.74 Å². The Morgan fingerprint density at radius 1 is 1.04 bits per heavy atom. The fraction of sp³-hybridized carbons (Fsp3) is 0.611. The highest BCUT2D eigenvalue weighted by Gasteiger charge is 2.32. The van der Waals surface area contributed by atoms with Gasteiger partial charge in [-0.15, -0.1) is 10.2 Å². The minimum absolute atomic E-state index is 0.383. The molecule has 3 aromatic heterocycles. The lowest BCUT2D eigenvalue weighted by Crippen LogP contribution is -2.22. The van der Waals surface area contributed by atoms with Crippen LogP contribution < -0.4 is 0 Å². The predicted octanol–water partition coefficient (Wildman–Crippen LogP) is 3.59. The lowest BCUT2D eigenvalue weighted by Gasteiger charge is -2.25. The van der Waals surface area contributed by atoms with E-state index >= 15 is 0 Å². The van der Waals surface area contributed by atoms with Crippen LogP contribution in [0.5, 0.6) is 0 Å². The number of fused-ring (bicyclic) bond motifs is 3. The van der Waals surface area contributed by atoms with Crippen LogP contribution in [0.15, 0.2) is 18.5 Å². The van der Waals surface area contributed by atoms with Crippen molar-refractivity contribution < 1.29 is 4.74 Å². The SMILES string of the molecule is c1cc2c(ncc3nnc(C4CCC(OC5CCCCC5)C4)n32)[nH]1. The predicted molar refractivity (Wildman–Crippen MR) is 91.0 cm³/mol. The lowest BCUT2D eigenvalue weighted by molar-refractivity contribution is -0.0265. The van der Waals surface area contributed by atoms with Gasteiger partial charge in [0, 0.05) is 12.1 Å². The van der Waals surface area contributed by atoms with Gasteiger partial charge in [-0.25, -0.2) is 4.98 Å². The van der Waals surface area contributed by atoms with Gasteiger partial charge in [-0.3, -0.25) is 4.40 Å². The van der Waals surface area contributed by atoms with Gasteiger partial charge in [0.05, 0.1) is 23.9 Å². The molecule has 126 valence electrons. The first kappa shape index (κ1) is 14.4. The third kappa shape index (κ3) is 2.40. The second-order valence-corrected chi connectivity index (χ2v) is 7.25. The lowest BCUT2D eigenvalue weighted by atomic mass is 9.97. The molecule has 0 aromatic carbocycles. The zero-order valence-electron chi connectivity index (χ0n) is 13.8. The zero-order valence-corrected chi connectivity index (χ0v) is 13.8. The van der Waals surface area contributed by atoms with Crippen molar-refractivity contribution >= 4 is 16.8 Å². The van der Waals surface area contributed by atoms with Gasteiger partial charge in [-0.05, 0) is 38.2 Å². The van der Waals surface area contributed by atoms with Crippen molar-refractivity contribution in [2.75, 3.05) is 0 Å². The molecule has 6 heteroatoms. The van der Waals surface area contributed by atoms with E-state index in [-0.39, 0.29) is 0 Å². The first-order chi connectivity index (χ1) is 11.9. The number of ether oxygens (including phenoxy) is 1. The standard InChI is InChI=1S/C18H23N5O/c1-2-4-13(5-3-1)24-14-7-6-12(10-14)18-22-21-16-11-20-17-15(23(16)18)8-9-19-17/h8-9,11-14,19H,1-7,10H2. The zero-order chi connectivity index (χ0) is 15.9. The number of aromatic amines is 1. The van der Waals surface area contributed by atoms with Gasteiger partial charge in [-0.2, -0.15) is 0 Å². The van der Waals surface area contributed by atoms with Crippen LogP contribution in [0.25, 0.3) is 16.8 Å². The second kappa shape index (κ2) is 5.84. The van der Waals surface area contributed by atoms with Crippen molar-refractivity contribution in [3.63, 3.8) is 0 Å². The van der Waals surface area contributed by atoms with Gasteiger partial charge in [0.2, 0.25) is 0 Å². The molecule has 2 atom stereocenters. The van der Waals surface area contributed by atoms with Crippen LogP contribution in [0.1, 0.15) is 63.1 Å². The molecule has 2 aliphatic carbocycles. The van der Waals surface area contributed by atoms with Crippen LogP contribution in [0.3, 0.4) is 0 Å². The van der Waals surface area contributed by atoms with E-state index < -0.39 is 0 Å². The number of nitrogens with zero attached hydrogens (tertiary/aromatic N) is 4. The summed E-state index contributed by atoms with van der Waals surface area (Å²) >= 11 is 0. The number of rotatable bonds is 3. The molecule has 1 N–H and O–H groups in total. The van der Waals surface area contributed by atoms with E-state index in [1.54, 1.807) is 6.20 Å². The summed E-state index contributed by atoms with van der Waals surface area (Å²) in [6.45, 7) is 0. The molecule has 2 unspecified atom stereocenters. The highest BCUT2D eigenvalue weighted by atomic mass is 16.5. The number of nitrogens with one attached hydrogen (secondary N) is 1. The quantitative estimate of drug-likeness (QED) is 0.799. The Labute approximate surface area is 140 Å². The summed E-state index contributed by atoms with van der Waals surface area (Å²) in [7, 11) is 0. The molecule has 3 heterocycles. The molecule has 0 aliphatic heterocycles. The summed E-state index contributed by atoms with van der Waals surface area (Å²) in [6, 6.07) is 2.05. The Morgan fingerprint density at radius 2 is 1.96 bits per heavy atom. The third-order valence-electron chi connectivity index (χ3n) is 5.65. The van der Waals surface area contributed by atoms with E-state index in [9.17, 15) is 0 Å². The Hall–Kier alpha value is -1.95. The van der Waals surface area contributed by atoms with Crippen molar-refractivity contribution in [2.45, 2.75) is 69.5 Å². The molecule has 0 bridgehead atoms. The molecular weight excluding hydrogens is 302 g/mol. The maximum Gasteiger partial charge on any atom is 0.179 e. The van der Waals surface area contributed by atoms with Gasteiger partial charge in [0.25, 0.3) is 0 Å². The van der Waals surface area contributed by atoms with Crippen LogP contribution in [0.4, 0.5) is 0 Å². The molecule has 2 fully saturated rings. The fourth-order valence-corrected chi connectivity index (χ4v) is 4.43. The Kier molecular flexibility index (Phi) is 3.51. The molecule has 2 saturated carbocycles. The van der Waals surface area contributed by atoms with Crippen molar-refractivity contribution in [3.8, 4) is 0 Å². The number of H-pyrrole nitrogens is 1. The summed E-state index contributed by atoms with van der Waals surface area (Å²) in [5.41, 5.74) is 2.77. The molecule has 0 radical (unpaired) electrons. The van der Waals surface area contributed by atoms with E-state index in [2.05, 4.69) is 24.6 Å². The van der Waals surface area contributed by atoms with Gasteiger partial charge >= 0.3 is 0 Å². The molecule has 6 nitrogen and oxygen atoms in total. The largest absolute Gasteiger partial charge is 0.375 e. The van der Waals surface area contributed by atoms with Gasteiger partial charge < -0.3 is 9.72 Å². The summed E-state index contributed by atoms with van der Waals surface area (Å²) in [5, 5.41) is 8.82. The summed E-state index contributed by atoms with van der Waals surface area (Å²) in [6.07, 6.45) is 14.4. The van der Waals surface area contributed by atoms with E-state index in [0.717, 1.165) is 41.9 Å². The topological polar surface area (TPSA) is 68.1 Å². The van der Waals surface area contributed by atoms with Gasteiger partial charge in [-0.1, -0.05) is 19.3 Å². The van der Waals surface area contributed by atoms with E-state index in [1.165, 1.54) is 32.1 Å². The summed E-state index contributed by atoms with van der Waals surface area (Å²) in [4.78, 5) is 7.57. The Morgan fingerprint density at radius 3 is 2.88 bits per heavy atom. The van der Waals surface area contributed by atoms with E-state index in [1.807, 2.05) is 12.3 Å². The molecule has 0 saturated heterocycles. The maximum absolute atomic E-state index is 6.39. The van der Waals surface area contributed by atoms with Crippen LogP contribution in [0.2, 0.25) is 0 Å². The summed E-state index contributed by atoms with van der Waals surface area (Å²) in [5.74, 6) is 1.49. The van der Waals surface area contributed by atoms with Gasteiger partial charge in [0.15, 0.2) is 11.3 Å². The fourth-order valence-electron chi connectivity index (χ4n) is 4.43. The number of hydrogen-bond donors (Lipinski definition) is 1. The van der Waals surface area contributed by atoms with E-state index in [0.29, 0.717) is 18.1 Å². The van der Waals surface area contributed by atoms with Crippen LogP contribution in [-0.2, 0) is 4.74 Å². The molecule has 24 heavy (non-hydrogen) atoms. The van der Waals surface area contributed by atoms with Gasteiger partial charge in [0.1, 0.15) is 5.82 Å². The van der Waals surface area contributed by atoms with Crippen LogP contribution >= 0.6 is 0 Å². The highest BCUT2D eigenvalue weighted by Crippen LogP contribution is 2.37. The molecule has 2 aliphatic rings. The van der Waals surface area contributed by atoms with Crippen molar-refractivity contribution in [2.24, 2.45) is 0 Å². The minimum atomic E-state index is 0.383. The summed E-state index contributed by atoms with van der Waals surface area (Å²) < 4.78 is 8.55. The molecular formula is C18H23N5O. The molecule has 0 amide bonds. The minimum Gasteiger partial charge on any atom is -0.375 e. The van der Waals surface area contributed by atoms with Crippen LogP contribution in [-0.4, -0.2) is 36.8 Å². The normalized spacial score (nSPS) is 25.8. The number of aromatic nitrogens is 5. The Balaban J connectivity index is 1.39. The van der Waals surface area contributed by atoms with Crippen molar-refractivity contribution in [1.82, 2.24) is 24.6 Å². The van der Waals surface area contributed by atoms with Crippen molar-refractivity contribution in [3.05, 3.63) is 24.3 Å². The molecule has 5 rings (SSSR count). The monoisotopic (exact) mass is 325 g/mol. The average Bonchev–Trinajstić information content (AvgIpc) is 3.33. The second-order valence-electron chi connectivity index (χ2n) is 7.25.